The van der Waals surface area contributed by atoms with E-state index in [4.69, 9.17) is 14.2 Å². The van der Waals surface area contributed by atoms with Crippen LogP contribution in [-0.4, -0.2) is 37.2 Å². The third kappa shape index (κ3) is 46.4. The molecule has 0 bridgehead atoms. The Bertz CT molecular complexity index is 1060. The van der Waals surface area contributed by atoms with E-state index in [0.717, 1.165) is 96.3 Å². The SMILES string of the molecule is CCC/C=C\CCCCCCCC(=O)OCC(COC(=O)CCCCCCCCC/C=C\CCCCCCCCC)OC(=O)CCCCCCC/C=C\C/C=C\CCCC. The Morgan fingerprint density at radius 3 is 1.05 bits per heavy atom. The predicted molar refractivity (Wildman–Crippen MR) is 256 cm³/mol. The number of hydrogen-bond acceptors (Lipinski definition) is 6. The molecule has 0 saturated carbocycles. The van der Waals surface area contributed by atoms with Crippen LogP contribution in [0.3, 0.4) is 0 Å². The molecule has 0 aliphatic heterocycles. The van der Waals surface area contributed by atoms with Gasteiger partial charge in [-0.1, -0.05) is 198 Å². The monoisotopic (exact) mass is 841 g/mol. The first-order chi connectivity index (χ1) is 29.5. The number of ether oxygens (including phenoxy) is 3. The van der Waals surface area contributed by atoms with Crippen molar-refractivity contribution in [1.82, 2.24) is 0 Å². The van der Waals surface area contributed by atoms with Crippen molar-refractivity contribution in [2.24, 2.45) is 0 Å². The summed E-state index contributed by atoms with van der Waals surface area (Å²) in [4.78, 5) is 37.9. The van der Waals surface area contributed by atoms with Gasteiger partial charge in [0.1, 0.15) is 13.2 Å². The minimum Gasteiger partial charge on any atom is -0.462 e. The molecule has 0 fully saturated rings. The van der Waals surface area contributed by atoms with Gasteiger partial charge in [-0.15, -0.1) is 0 Å². The number of allylic oxidation sites excluding steroid dienone is 8. The van der Waals surface area contributed by atoms with Gasteiger partial charge in [0.05, 0.1) is 0 Å². The molecule has 0 saturated heterocycles. The van der Waals surface area contributed by atoms with Crippen LogP contribution in [0, 0.1) is 0 Å². The van der Waals surface area contributed by atoms with Gasteiger partial charge in [0.15, 0.2) is 6.10 Å². The number of carbonyl (C=O) groups is 3. The maximum Gasteiger partial charge on any atom is 0.306 e. The van der Waals surface area contributed by atoms with E-state index >= 15 is 0 Å². The smallest absolute Gasteiger partial charge is 0.306 e. The van der Waals surface area contributed by atoms with E-state index < -0.39 is 6.10 Å². The first-order valence-corrected chi connectivity index (χ1v) is 25.6. The second-order valence-corrected chi connectivity index (χ2v) is 17.1. The molecule has 0 amide bonds. The van der Waals surface area contributed by atoms with E-state index in [-0.39, 0.29) is 31.1 Å². The molecular weight excluding hydrogens is 745 g/mol. The molecule has 348 valence electrons. The number of unbranched alkanes of at least 4 members (excludes halogenated alkanes) is 27. The van der Waals surface area contributed by atoms with E-state index in [1.165, 1.54) is 122 Å². The topological polar surface area (TPSA) is 78.9 Å². The summed E-state index contributed by atoms with van der Waals surface area (Å²) in [5.74, 6) is -0.908. The molecule has 0 N–H and O–H groups in total. The third-order valence-corrected chi connectivity index (χ3v) is 11.0. The summed E-state index contributed by atoms with van der Waals surface area (Å²) in [6, 6.07) is 0. The van der Waals surface area contributed by atoms with Crippen molar-refractivity contribution >= 4 is 17.9 Å². The van der Waals surface area contributed by atoms with Crippen molar-refractivity contribution in [3.8, 4) is 0 Å². The van der Waals surface area contributed by atoms with Gasteiger partial charge in [0, 0.05) is 19.3 Å². The van der Waals surface area contributed by atoms with Crippen molar-refractivity contribution in [3.05, 3.63) is 48.6 Å². The zero-order valence-electron chi connectivity index (χ0n) is 39.7. The summed E-state index contributed by atoms with van der Waals surface area (Å²) in [5, 5.41) is 0. The largest absolute Gasteiger partial charge is 0.462 e. The summed E-state index contributed by atoms with van der Waals surface area (Å²) in [6.07, 6.45) is 58.1. The fourth-order valence-corrected chi connectivity index (χ4v) is 7.10. The fraction of sp³-hybridized carbons (Fsp3) is 0.796. The standard InChI is InChI=1S/C54H96O6/c1-4-7-10-13-16-19-22-24-26-27-28-29-31-32-35-38-41-44-47-53(56)59-50-51(49-58-52(55)46-43-40-37-34-21-18-15-12-9-6-3)60-54(57)48-45-42-39-36-33-30-25-23-20-17-14-11-8-5-2/h12,14-15,17,23,25-27,51H,4-11,13,16,18-22,24,28-50H2,1-3H3/b15-12-,17-14-,25-23-,27-26-. The third-order valence-electron chi connectivity index (χ3n) is 11.0. The van der Waals surface area contributed by atoms with Crippen LogP contribution in [0.5, 0.6) is 0 Å². The van der Waals surface area contributed by atoms with Crippen LogP contribution < -0.4 is 0 Å². The minimum atomic E-state index is -0.783. The number of rotatable bonds is 46. The van der Waals surface area contributed by atoms with Crippen LogP contribution in [0.4, 0.5) is 0 Å². The van der Waals surface area contributed by atoms with Crippen LogP contribution in [0.1, 0.15) is 258 Å². The lowest BCUT2D eigenvalue weighted by Crippen LogP contribution is -2.30. The average Bonchev–Trinajstić information content (AvgIpc) is 3.24. The summed E-state index contributed by atoms with van der Waals surface area (Å²) in [7, 11) is 0. The zero-order chi connectivity index (χ0) is 43.7. The normalized spacial score (nSPS) is 12.4. The molecule has 6 nitrogen and oxygen atoms in total. The van der Waals surface area contributed by atoms with Crippen LogP contribution >= 0.6 is 0 Å². The molecule has 1 atom stereocenters. The minimum absolute atomic E-state index is 0.0832. The molecule has 0 heterocycles. The van der Waals surface area contributed by atoms with E-state index in [1.807, 2.05) is 0 Å². The Labute approximate surface area is 371 Å². The van der Waals surface area contributed by atoms with Crippen LogP contribution in [0.25, 0.3) is 0 Å². The lowest BCUT2D eigenvalue weighted by molar-refractivity contribution is -0.167. The van der Waals surface area contributed by atoms with Gasteiger partial charge in [-0.25, -0.2) is 0 Å². The Hall–Kier alpha value is -2.63. The van der Waals surface area contributed by atoms with E-state index in [9.17, 15) is 14.4 Å². The maximum atomic E-state index is 12.8. The average molecular weight is 841 g/mol. The van der Waals surface area contributed by atoms with Gasteiger partial charge in [-0.2, -0.15) is 0 Å². The molecule has 60 heavy (non-hydrogen) atoms. The van der Waals surface area contributed by atoms with Crippen LogP contribution in [0.2, 0.25) is 0 Å². The molecule has 1 unspecified atom stereocenters. The highest BCUT2D eigenvalue weighted by Gasteiger charge is 2.19. The molecule has 6 heteroatoms. The van der Waals surface area contributed by atoms with Crippen molar-refractivity contribution in [3.63, 3.8) is 0 Å². The van der Waals surface area contributed by atoms with Gasteiger partial charge < -0.3 is 14.2 Å². The highest BCUT2D eigenvalue weighted by Crippen LogP contribution is 2.14. The fourth-order valence-electron chi connectivity index (χ4n) is 7.10. The van der Waals surface area contributed by atoms with Crippen molar-refractivity contribution in [2.45, 2.75) is 264 Å². The van der Waals surface area contributed by atoms with Crippen LogP contribution in [-0.2, 0) is 28.6 Å². The van der Waals surface area contributed by atoms with Gasteiger partial charge in [-0.05, 0) is 89.9 Å². The van der Waals surface area contributed by atoms with Gasteiger partial charge >= 0.3 is 17.9 Å². The predicted octanol–water partition coefficient (Wildman–Crippen LogP) is 16.7. The molecule has 0 rings (SSSR count). The number of esters is 3. The second kappa shape index (κ2) is 49.0. The van der Waals surface area contributed by atoms with Crippen molar-refractivity contribution < 1.29 is 28.6 Å². The van der Waals surface area contributed by atoms with E-state index in [2.05, 4.69) is 69.4 Å². The van der Waals surface area contributed by atoms with Crippen molar-refractivity contribution in [1.29, 1.82) is 0 Å². The van der Waals surface area contributed by atoms with Crippen molar-refractivity contribution in [2.75, 3.05) is 13.2 Å². The van der Waals surface area contributed by atoms with Crippen LogP contribution in [0.15, 0.2) is 48.6 Å². The van der Waals surface area contributed by atoms with E-state index in [1.54, 1.807) is 0 Å². The molecular formula is C54H96O6. The zero-order valence-corrected chi connectivity index (χ0v) is 39.7. The molecule has 0 aromatic rings. The Balaban J connectivity index is 4.34. The number of hydrogen-bond donors (Lipinski definition) is 0. The summed E-state index contributed by atoms with van der Waals surface area (Å²) in [6.45, 7) is 6.52. The second-order valence-electron chi connectivity index (χ2n) is 17.1. The Kier molecular flexibility index (Phi) is 46.9. The molecule has 0 aromatic heterocycles. The lowest BCUT2D eigenvalue weighted by Gasteiger charge is -2.18. The number of carbonyl (C=O) groups excluding carboxylic acids is 3. The Morgan fingerprint density at radius 1 is 0.333 bits per heavy atom. The van der Waals surface area contributed by atoms with Gasteiger partial charge in [-0.3, -0.25) is 14.4 Å². The molecule has 0 radical (unpaired) electrons. The highest BCUT2D eigenvalue weighted by atomic mass is 16.6. The summed E-state index contributed by atoms with van der Waals surface area (Å²) >= 11 is 0. The van der Waals surface area contributed by atoms with Gasteiger partial charge in [0.25, 0.3) is 0 Å². The first kappa shape index (κ1) is 57.4. The Morgan fingerprint density at radius 2 is 0.650 bits per heavy atom. The first-order valence-electron chi connectivity index (χ1n) is 25.6. The maximum absolute atomic E-state index is 12.8. The molecule has 0 aliphatic rings. The summed E-state index contributed by atoms with van der Waals surface area (Å²) < 4.78 is 16.7. The van der Waals surface area contributed by atoms with Gasteiger partial charge in [0.2, 0.25) is 0 Å². The van der Waals surface area contributed by atoms with E-state index in [0.29, 0.717) is 19.3 Å². The highest BCUT2D eigenvalue weighted by molar-refractivity contribution is 5.71. The molecule has 0 aromatic carbocycles. The summed E-state index contributed by atoms with van der Waals surface area (Å²) in [5.41, 5.74) is 0. The molecule has 0 aliphatic carbocycles. The molecule has 0 spiro atoms. The lowest BCUT2D eigenvalue weighted by atomic mass is 10.1. The quantitative estimate of drug-likeness (QED) is 0.0263.